The summed E-state index contributed by atoms with van der Waals surface area (Å²) < 4.78 is 10.2. The first-order chi connectivity index (χ1) is 18.0. The molecule has 2 aromatic carbocycles. The molecule has 6 heteroatoms. The van der Waals surface area contributed by atoms with Crippen LogP contribution in [0.15, 0.2) is 65.3 Å². The maximum atomic E-state index is 12.1. The monoisotopic (exact) mass is 500 g/mol. The predicted molar refractivity (Wildman–Crippen MR) is 145 cm³/mol. The average Bonchev–Trinajstić information content (AvgIpc) is 2.88. The Morgan fingerprint density at radius 2 is 1.32 bits per heavy atom. The maximum Gasteiger partial charge on any atom is 0.338 e. The number of carbonyl (C=O) groups is 2. The van der Waals surface area contributed by atoms with E-state index < -0.39 is 0 Å². The number of hydrogen-bond acceptors (Lipinski definition) is 6. The zero-order valence-corrected chi connectivity index (χ0v) is 21.7. The van der Waals surface area contributed by atoms with Gasteiger partial charge in [-0.15, -0.1) is 0 Å². The SMILES string of the molecule is CCOC(=O)c1ccc(N=C/C=C(\Nc2ccc(C(=O)OCC)cc2)C23CC4CC(CC(C4)C2)C3)cc1. The lowest BCUT2D eigenvalue weighted by Gasteiger charge is -2.57. The van der Waals surface area contributed by atoms with Crippen LogP contribution in [0.2, 0.25) is 0 Å². The molecule has 0 saturated heterocycles. The smallest absolute Gasteiger partial charge is 0.338 e. The summed E-state index contributed by atoms with van der Waals surface area (Å²) in [6.07, 6.45) is 11.8. The quantitative estimate of drug-likeness (QED) is 0.298. The van der Waals surface area contributed by atoms with Gasteiger partial charge in [0.15, 0.2) is 0 Å². The van der Waals surface area contributed by atoms with Gasteiger partial charge < -0.3 is 14.8 Å². The van der Waals surface area contributed by atoms with Gasteiger partial charge >= 0.3 is 11.9 Å². The Labute approximate surface area is 219 Å². The minimum absolute atomic E-state index is 0.147. The summed E-state index contributed by atoms with van der Waals surface area (Å²) in [5, 5.41) is 3.72. The third kappa shape index (κ3) is 5.63. The Hall–Kier alpha value is -3.41. The van der Waals surface area contributed by atoms with Crippen LogP contribution in [0, 0.1) is 23.2 Å². The highest BCUT2D eigenvalue weighted by Crippen LogP contribution is 2.62. The van der Waals surface area contributed by atoms with Crippen molar-refractivity contribution in [2.45, 2.75) is 52.4 Å². The molecule has 0 aromatic heterocycles. The molecule has 0 aliphatic heterocycles. The van der Waals surface area contributed by atoms with Crippen molar-refractivity contribution in [3.05, 3.63) is 71.4 Å². The second-order valence-electron chi connectivity index (χ2n) is 10.7. The van der Waals surface area contributed by atoms with E-state index in [2.05, 4.69) is 16.4 Å². The summed E-state index contributed by atoms with van der Waals surface area (Å²) >= 11 is 0. The Morgan fingerprint density at radius 1 is 0.838 bits per heavy atom. The number of aliphatic imine (C=N–C) groups is 1. The van der Waals surface area contributed by atoms with Crippen LogP contribution in [-0.2, 0) is 9.47 Å². The van der Waals surface area contributed by atoms with E-state index in [1.165, 1.54) is 44.2 Å². The molecule has 0 atom stereocenters. The molecule has 4 saturated carbocycles. The molecule has 37 heavy (non-hydrogen) atoms. The number of ether oxygens (including phenoxy) is 2. The van der Waals surface area contributed by atoms with Crippen molar-refractivity contribution in [1.29, 1.82) is 0 Å². The fourth-order valence-corrected chi connectivity index (χ4v) is 6.95. The van der Waals surface area contributed by atoms with Crippen LogP contribution in [0.25, 0.3) is 0 Å². The van der Waals surface area contributed by atoms with Crippen molar-refractivity contribution in [1.82, 2.24) is 0 Å². The maximum absolute atomic E-state index is 12.1. The summed E-state index contributed by atoms with van der Waals surface area (Å²) in [7, 11) is 0. The number of rotatable bonds is 9. The number of carbonyl (C=O) groups excluding carboxylic acids is 2. The third-order valence-electron chi connectivity index (χ3n) is 8.13. The topological polar surface area (TPSA) is 77.0 Å². The fraction of sp³-hybridized carbons (Fsp3) is 0.452. The molecule has 0 radical (unpaired) electrons. The van der Waals surface area contributed by atoms with Crippen LogP contribution in [-0.4, -0.2) is 31.4 Å². The van der Waals surface area contributed by atoms with E-state index in [9.17, 15) is 9.59 Å². The lowest BCUT2D eigenvalue weighted by molar-refractivity contribution is -0.0296. The van der Waals surface area contributed by atoms with Crippen molar-refractivity contribution in [2.75, 3.05) is 18.5 Å². The Bertz CT molecular complexity index is 1150. The second-order valence-corrected chi connectivity index (χ2v) is 10.7. The molecular weight excluding hydrogens is 464 g/mol. The molecule has 0 unspecified atom stereocenters. The normalized spacial score (nSPS) is 26.3. The minimum Gasteiger partial charge on any atom is -0.462 e. The first kappa shape index (κ1) is 25.2. The second kappa shape index (κ2) is 10.9. The minimum atomic E-state index is -0.319. The van der Waals surface area contributed by atoms with Gasteiger partial charge in [-0.05, 0) is 125 Å². The molecule has 4 bridgehead atoms. The highest BCUT2D eigenvalue weighted by atomic mass is 16.5. The van der Waals surface area contributed by atoms with Gasteiger partial charge in [0.2, 0.25) is 0 Å². The zero-order chi connectivity index (χ0) is 25.8. The van der Waals surface area contributed by atoms with Crippen LogP contribution in [0.4, 0.5) is 11.4 Å². The summed E-state index contributed by atoms with van der Waals surface area (Å²) in [5.74, 6) is 1.83. The first-order valence-electron chi connectivity index (χ1n) is 13.5. The van der Waals surface area contributed by atoms with Gasteiger partial charge in [-0.1, -0.05) is 0 Å². The summed E-state index contributed by atoms with van der Waals surface area (Å²) in [6, 6.07) is 14.7. The third-order valence-corrected chi connectivity index (χ3v) is 8.13. The van der Waals surface area contributed by atoms with E-state index in [0.717, 1.165) is 29.1 Å². The van der Waals surface area contributed by atoms with Crippen LogP contribution in [0.3, 0.4) is 0 Å². The molecule has 1 N–H and O–H groups in total. The van der Waals surface area contributed by atoms with Crippen molar-refractivity contribution in [2.24, 2.45) is 28.2 Å². The largest absolute Gasteiger partial charge is 0.462 e. The molecule has 4 aliphatic rings. The molecule has 4 fully saturated rings. The number of anilines is 1. The van der Waals surface area contributed by atoms with Crippen LogP contribution in [0.5, 0.6) is 0 Å². The van der Waals surface area contributed by atoms with E-state index >= 15 is 0 Å². The predicted octanol–water partition coefficient (Wildman–Crippen LogP) is 6.95. The lowest BCUT2D eigenvalue weighted by atomic mass is 9.48. The summed E-state index contributed by atoms with van der Waals surface area (Å²) in [5.41, 5.74) is 4.19. The number of nitrogens with one attached hydrogen (secondary N) is 1. The van der Waals surface area contributed by atoms with Crippen molar-refractivity contribution >= 4 is 29.5 Å². The molecule has 0 heterocycles. The molecule has 0 spiro atoms. The Balaban J connectivity index is 1.38. The van der Waals surface area contributed by atoms with E-state index in [-0.39, 0.29) is 17.4 Å². The highest BCUT2D eigenvalue weighted by Gasteiger charge is 2.52. The number of esters is 2. The molecule has 6 nitrogen and oxygen atoms in total. The highest BCUT2D eigenvalue weighted by molar-refractivity contribution is 5.90. The van der Waals surface area contributed by atoms with Crippen molar-refractivity contribution in [3.8, 4) is 0 Å². The van der Waals surface area contributed by atoms with E-state index in [4.69, 9.17) is 9.47 Å². The molecule has 2 aromatic rings. The van der Waals surface area contributed by atoms with Gasteiger partial charge in [0, 0.05) is 23.0 Å². The van der Waals surface area contributed by atoms with Crippen molar-refractivity contribution in [3.63, 3.8) is 0 Å². The molecule has 0 amide bonds. The van der Waals surface area contributed by atoms with Gasteiger partial charge in [0.1, 0.15) is 0 Å². The number of nitrogens with zero attached hydrogens (tertiary/aromatic N) is 1. The number of benzene rings is 2. The van der Waals surface area contributed by atoms with Crippen molar-refractivity contribution < 1.29 is 19.1 Å². The van der Waals surface area contributed by atoms with Gasteiger partial charge in [0.05, 0.1) is 30.0 Å². The first-order valence-corrected chi connectivity index (χ1v) is 13.5. The zero-order valence-electron chi connectivity index (χ0n) is 21.7. The summed E-state index contributed by atoms with van der Waals surface area (Å²) in [6.45, 7) is 4.33. The molecule has 6 rings (SSSR count). The van der Waals surface area contributed by atoms with E-state index in [0.29, 0.717) is 24.3 Å². The number of allylic oxidation sites excluding steroid dienone is 2. The summed E-state index contributed by atoms with van der Waals surface area (Å²) in [4.78, 5) is 28.7. The Morgan fingerprint density at radius 3 is 1.81 bits per heavy atom. The Kier molecular flexibility index (Phi) is 7.45. The number of hydrogen-bond donors (Lipinski definition) is 1. The van der Waals surface area contributed by atoms with E-state index in [1.54, 1.807) is 19.1 Å². The standard InChI is InChI=1S/C31H36N2O4/c1-3-36-29(34)24-5-9-26(10-6-24)32-14-13-28(31-18-21-15-22(19-31)17-23(16-21)20-31)33-27-11-7-25(8-12-27)30(35)37-4-2/h5-14,21-23,33H,3-4,15-20H2,1-2H3/b28-13-,32-14?. The molecular formula is C31H36N2O4. The van der Waals surface area contributed by atoms with E-state index in [1.807, 2.05) is 49.5 Å². The van der Waals surface area contributed by atoms with Gasteiger partial charge in [-0.25, -0.2) is 9.59 Å². The van der Waals surface area contributed by atoms with Gasteiger partial charge in [-0.3, -0.25) is 4.99 Å². The molecule has 4 aliphatic carbocycles. The van der Waals surface area contributed by atoms with Crippen LogP contribution in [0.1, 0.15) is 73.1 Å². The lowest BCUT2D eigenvalue weighted by Crippen LogP contribution is -2.48. The van der Waals surface area contributed by atoms with Gasteiger partial charge in [-0.2, -0.15) is 0 Å². The van der Waals surface area contributed by atoms with Crippen LogP contribution >= 0.6 is 0 Å². The van der Waals surface area contributed by atoms with Gasteiger partial charge in [0.25, 0.3) is 0 Å². The fourth-order valence-electron chi connectivity index (χ4n) is 6.95. The average molecular weight is 501 g/mol. The molecule has 194 valence electrons. The van der Waals surface area contributed by atoms with Crippen LogP contribution < -0.4 is 5.32 Å².